The number of aliphatic imine (C=N–C) groups is 1. The number of ether oxygens (including phenoxy) is 1. The molecular weight excluding hydrogens is 465 g/mol. The van der Waals surface area contributed by atoms with Crippen molar-refractivity contribution >= 4 is 39.8 Å². The third kappa shape index (κ3) is 8.57. The second-order valence-corrected chi connectivity index (χ2v) is 8.60. The molecule has 1 heterocycles. The van der Waals surface area contributed by atoms with Crippen molar-refractivity contribution in [1.29, 1.82) is 0 Å². The van der Waals surface area contributed by atoms with Crippen molar-refractivity contribution in [3.8, 4) is 5.75 Å². The third-order valence-electron chi connectivity index (χ3n) is 4.03. The van der Waals surface area contributed by atoms with E-state index in [9.17, 15) is 8.42 Å². The van der Waals surface area contributed by atoms with Crippen LogP contribution in [0.4, 0.5) is 0 Å². The Morgan fingerprint density at radius 3 is 2.62 bits per heavy atom. The number of unbranched alkanes of at least 4 members (excludes halogenated alkanes) is 1. The number of guanidine groups is 1. The molecule has 0 spiro atoms. The lowest BCUT2D eigenvalue weighted by molar-refractivity contribution is 0.308. The van der Waals surface area contributed by atoms with Gasteiger partial charge in [0.25, 0.3) is 0 Å². The standard InChI is InChI=1S/C18H29N3O3S.HI/c1-3-19-18(21-16-10-13-25(22,23)14-16)20-11-4-5-12-24-17-8-6-15(2)7-9-17;/h6-9,16H,3-5,10-14H2,1-2H3,(H2,19,20,21);1H. The first-order valence-corrected chi connectivity index (χ1v) is 10.8. The zero-order valence-electron chi connectivity index (χ0n) is 15.5. The minimum Gasteiger partial charge on any atom is -0.494 e. The van der Waals surface area contributed by atoms with Crippen LogP contribution < -0.4 is 15.4 Å². The zero-order chi connectivity index (χ0) is 18.1. The highest BCUT2D eigenvalue weighted by molar-refractivity contribution is 14.0. The average molecular weight is 495 g/mol. The highest BCUT2D eigenvalue weighted by Gasteiger charge is 2.28. The molecule has 1 aliphatic heterocycles. The molecule has 2 N–H and O–H groups in total. The van der Waals surface area contributed by atoms with E-state index < -0.39 is 9.84 Å². The summed E-state index contributed by atoms with van der Waals surface area (Å²) in [5, 5.41) is 6.39. The molecule has 6 nitrogen and oxygen atoms in total. The molecule has 1 aliphatic rings. The van der Waals surface area contributed by atoms with E-state index in [0.717, 1.165) is 25.1 Å². The molecular formula is C18H30IN3O3S. The number of aryl methyl sites for hydroxylation is 1. The van der Waals surface area contributed by atoms with E-state index in [4.69, 9.17) is 4.74 Å². The maximum absolute atomic E-state index is 11.5. The molecule has 0 amide bonds. The maximum Gasteiger partial charge on any atom is 0.191 e. The highest BCUT2D eigenvalue weighted by Crippen LogP contribution is 2.12. The van der Waals surface area contributed by atoms with E-state index in [1.165, 1.54) is 5.56 Å². The number of nitrogens with zero attached hydrogens (tertiary/aromatic N) is 1. The van der Waals surface area contributed by atoms with Gasteiger partial charge in [-0.15, -0.1) is 24.0 Å². The molecule has 0 aromatic heterocycles. The van der Waals surface area contributed by atoms with Gasteiger partial charge in [0, 0.05) is 19.1 Å². The van der Waals surface area contributed by atoms with Crippen LogP contribution in [-0.2, 0) is 9.84 Å². The van der Waals surface area contributed by atoms with Crippen molar-refractivity contribution < 1.29 is 13.2 Å². The van der Waals surface area contributed by atoms with E-state index in [1.54, 1.807) is 0 Å². The summed E-state index contributed by atoms with van der Waals surface area (Å²) in [5.74, 6) is 2.05. The Morgan fingerprint density at radius 2 is 2.00 bits per heavy atom. The molecule has 1 atom stereocenters. The van der Waals surface area contributed by atoms with Crippen molar-refractivity contribution in [2.24, 2.45) is 4.99 Å². The zero-order valence-corrected chi connectivity index (χ0v) is 18.7. The van der Waals surface area contributed by atoms with Crippen LogP contribution in [0.15, 0.2) is 29.3 Å². The lowest BCUT2D eigenvalue weighted by Gasteiger charge is -2.15. The molecule has 2 rings (SSSR count). The Bertz CT molecular complexity index is 663. The first-order chi connectivity index (χ1) is 12.0. The van der Waals surface area contributed by atoms with Crippen LogP contribution in [0.5, 0.6) is 5.75 Å². The molecule has 26 heavy (non-hydrogen) atoms. The van der Waals surface area contributed by atoms with Gasteiger partial charge in [0.15, 0.2) is 15.8 Å². The van der Waals surface area contributed by atoms with Gasteiger partial charge in [0.2, 0.25) is 0 Å². The maximum atomic E-state index is 11.5. The number of rotatable bonds is 8. The summed E-state index contributed by atoms with van der Waals surface area (Å²) in [6, 6.07) is 8.01. The van der Waals surface area contributed by atoms with Gasteiger partial charge >= 0.3 is 0 Å². The van der Waals surface area contributed by atoms with Gasteiger partial charge in [0.1, 0.15) is 5.75 Å². The van der Waals surface area contributed by atoms with Crippen LogP contribution in [0.3, 0.4) is 0 Å². The van der Waals surface area contributed by atoms with Crippen molar-refractivity contribution in [2.45, 2.75) is 39.2 Å². The molecule has 1 aromatic rings. The molecule has 0 saturated carbocycles. The monoisotopic (exact) mass is 495 g/mol. The van der Waals surface area contributed by atoms with Crippen LogP contribution in [0.2, 0.25) is 0 Å². The minimum atomic E-state index is -2.88. The van der Waals surface area contributed by atoms with Crippen molar-refractivity contribution in [2.75, 3.05) is 31.2 Å². The summed E-state index contributed by atoms with van der Waals surface area (Å²) in [5.41, 5.74) is 1.22. The molecule has 1 unspecified atom stereocenters. The summed E-state index contributed by atoms with van der Waals surface area (Å²) in [6.45, 7) is 6.16. The van der Waals surface area contributed by atoms with E-state index in [0.29, 0.717) is 25.5 Å². The summed E-state index contributed by atoms with van der Waals surface area (Å²) < 4.78 is 28.8. The highest BCUT2D eigenvalue weighted by atomic mass is 127. The van der Waals surface area contributed by atoms with E-state index in [1.807, 2.05) is 31.2 Å². The molecule has 0 radical (unpaired) electrons. The van der Waals surface area contributed by atoms with Gasteiger partial charge in [-0.2, -0.15) is 0 Å². The Labute approximate surface area is 174 Å². The van der Waals surface area contributed by atoms with Crippen LogP contribution >= 0.6 is 24.0 Å². The average Bonchev–Trinajstić information content (AvgIpc) is 2.91. The van der Waals surface area contributed by atoms with Gasteiger partial charge in [-0.1, -0.05) is 17.7 Å². The number of benzene rings is 1. The van der Waals surface area contributed by atoms with Crippen LogP contribution in [0.25, 0.3) is 0 Å². The Kier molecular flexibility index (Phi) is 10.3. The summed E-state index contributed by atoms with van der Waals surface area (Å²) >= 11 is 0. The van der Waals surface area contributed by atoms with Gasteiger partial charge in [-0.05, 0) is 45.2 Å². The van der Waals surface area contributed by atoms with Gasteiger partial charge in [-0.3, -0.25) is 4.99 Å². The lowest BCUT2D eigenvalue weighted by Crippen LogP contribution is -2.44. The predicted molar refractivity (Wildman–Crippen MR) is 117 cm³/mol. The molecule has 1 fully saturated rings. The Morgan fingerprint density at radius 1 is 1.27 bits per heavy atom. The molecule has 8 heteroatoms. The molecule has 0 bridgehead atoms. The fourth-order valence-corrected chi connectivity index (χ4v) is 4.32. The molecule has 0 aliphatic carbocycles. The van der Waals surface area contributed by atoms with Crippen LogP contribution in [0, 0.1) is 6.92 Å². The summed E-state index contributed by atoms with van der Waals surface area (Å²) in [7, 11) is -2.88. The Balaban J connectivity index is 0.00000338. The van der Waals surface area contributed by atoms with E-state index in [2.05, 4.69) is 22.5 Å². The smallest absolute Gasteiger partial charge is 0.191 e. The minimum absolute atomic E-state index is 0. The number of sulfone groups is 1. The fourth-order valence-electron chi connectivity index (χ4n) is 2.65. The lowest BCUT2D eigenvalue weighted by atomic mass is 10.2. The Hall–Kier alpha value is -1.03. The second-order valence-electron chi connectivity index (χ2n) is 6.37. The topological polar surface area (TPSA) is 79.8 Å². The molecule has 1 aromatic carbocycles. The third-order valence-corrected chi connectivity index (χ3v) is 5.80. The van der Waals surface area contributed by atoms with Gasteiger partial charge in [0.05, 0.1) is 18.1 Å². The van der Waals surface area contributed by atoms with E-state index in [-0.39, 0.29) is 41.5 Å². The summed E-state index contributed by atoms with van der Waals surface area (Å²) in [6.07, 6.45) is 2.50. The largest absolute Gasteiger partial charge is 0.494 e. The van der Waals surface area contributed by atoms with E-state index >= 15 is 0 Å². The first kappa shape index (κ1) is 23.0. The predicted octanol–water partition coefficient (Wildman–Crippen LogP) is 2.51. The number of halogens is 1. The van der Waals surface area contributed by atoms with Crippen molar-refractivity contribution in [1.82, 2.24) is 10.6 Å². The fraction of sp³-hybridized carbons (Fsp3) is 0.611. The van der Waals surface area contributed by atoms with Crippen LogP contribution in [-0.4, -0.2) is 51.6 Å². The summed E-state index contributed by atoms with van der Waals surface area (Å²) in [4.78, 5) is 4.52. The number of nitrogens with one attached hydrogen (secondary N) is 2. The quantitative estimate of drug-likeness (QED) is 0.251. The molecule has 1 saturated heterocycles. The number of hydrogen-bond donors (Lipinski definition) is 2. The van der Waals surface area contributed by atoms with Crippen LogP contribution in [0.1, 0.15) is 31.7 Å². The van der Waals surface area contributed by atoms with Gasteiger partial charge < -0.3 is 15.4 Å². The molecule has 148 valence electrons. The first-order valence-electron chi connectivity index (χ1n) is 8.93. The number of hydrogen-bond acceptors (Lipinski definition) is 4. The van der Waals surface area contributed by atoms with Gasteiger partial charge in [-0.25, -0.2) is 8.42 Å². The second kappa shape index (κ2) is 11.6. The SMILES string of the molecule is CCNC(=NCCCCOc1ccc(C)cc1)NC1CCS(=O)(=O)C1.I. The normalized spacial score (nSPS) is 18.8. The van der Waals surface area contributed by atoms with Crippen molar-refractivity contribution in [3.05, 3.63) is 29.8 Å². The van der Waals surface area contributed by atoms with Crippen molar-refractivity contribution in [3.63, 3.8) is 0 Å².